The molecule has 0 amide bonds. The molecule has 178 valence electrons. The first-order valence-electron chi connectivity index (χ1n) is 13.0. The number of rotatable bonds is 10. The van der Waals surface area contributed by atoms with Gasteiger partial charge in [0, 0.05) is 32.2 Å². The fourth-order valence-corrected chi connectivity index (χ4v) is 4.77. The Morgan fingerprint density at radius 3 is 2.39 bits per heavy atom. The van der Waals surface area contributed by atoms with E-state index in [-0.39, 0.29) is 0 Å². The highest BCUT2D eigenvalue weighted by Gasteiger charge is 2.18. The Labute approximate surface area is 192 Å². The third kappa shape index (κ3) is 9.11. The molecule has 1 aromatic carbocycles. The summed E-state index contributed by atoms with van der Waals surface area (Å²) in [7, 11) is 2.26. The van der Waals surface area contributed by atoms with Crippen molar-refractivity contribution in [2.24, 2.45) is 0 Å². The molecule has 1 atom stereocenters. The second-order valence-electron chi connectivity index (χ2n) is 9.17. The van der Waals surface area contributed by atoms with Crippen LogP contribution in [0.4, 0.5) is 0 Å². The van der Waals surface area contributed by atoms with Gasteiger partial charge in [0.2, 0.25) is 0 Å². The number of ether oxygens (including phenoxy) is 1. The van der Waals surface area contributed by atoms with Gasteiger partial charge in [-0.2, -0.15) is 0 Å². The Hall–Kier alpha value is -1.10. The summed E-state index contributed by atoms with van der Waals surface area (Å²) in [4.78, 5) is 7.74. The Morgan fingerprint density at radius 1 is 0.968 bits per heavy atom. The van der Waals surface area contributed by atoms with Crippen LogP contribution in [0.5, 0.6) is 5.75 Å². The summed E-state index contributed by atoms with van der Waals surface area (Å²) in [6, 6.07) is 7.43. The number of likely N-dealkylation sites (tertiary alicyclic amines) is 1. The highest BCUT2D eigenvalue weighted by atomic mass is 16.5. The van der Waals surface area contributed by atoms with Crippen LogP contribution in [0.3, 0.4) is 0 Å². The molecule has 0 saturated carbocycles. The number of fused-ring (bicyclic) bond motifs is 1. The van der Waals surface area contributed by atoms with Gasteiger partial charge in [-0.3, -0.25) is 0 Å². The molecule has 0 aromatic heterocycles. The summed E-state index contributed by atoms with van der Waals surface area (Å²) in [5.41, 5.74) is 3.01. The van der Waals surface area contributed by atoms with E-state index in [2.05, 4.69) is 53.8 Å². The molecule has 2 aliphatic rings. The van der Waals surface area contributed by atoms with Gasteiger partial charge in [-0.05, 0) is 95.4 Å². The first-order chi connectivity index (χ1) is 15.2. The van der Waals surface area contributed by atoms with Crippen LogP contribution in [0, 0.1) is 0 Å². The van der Waals surface area contributed by atoms with Gasteiger partial charge in [0.15, 0.2) is 0 Å². The molecule has 0 aliphatic carbocycles. The van der Waals surface area contributed by atoms with Crippen LogP contribution in [0.15, 0.2) is 18.2 Å². The zero-order chi connectivity index (χ0) is 22.5. The fourth-order valence-electron chi connectivity index (χ4n) is 4.77. The van der Waals surface area contributed by atoms with E-state index in [0.717, 1.165) is 38.2 Å². The van der Waals surface area contributed by atoms with Crippen LogP contribution < -0.4 is 4.74 Å². The molecule has 1 aromatic rings. The van der Waals surface area contributed by atoms with Crippen molar-refractivity contribution in [3.05, 3.63) is 29.3 Å². The van der Waals surface area contributed by atoms with Crippen molar-refractivity contribution in [2.45, 2.75) is 78.7 Å². The lowest BCUT2D eigenvalue weighted by Gasteiger charge is -2.30. The van der Waals surface area contributed by atoms with Gasteiger partial charge in [-0.1, -0.05) is 33.3 Å². The quantitative estimate of drug-likeness (QED) is 0.480. The number of nitrogens with zero attached hydrogens (tertiary/aromatic N) is 3. The van der Waals surface area contributed by atoms with Crippen molar-refractivity contribution in [1.29, 1.82) is 0 Å². The maximum atomic E-state index is 6.11. The Bertz CT molecular complexity index is 600. The molecule has 0 spiro atoms. The van der Waals surface area contributed by atoms with Gasteiger partial charge in [0.1, 0.15) is 5.75 Å². The summed E-state index contributed by atoms with van der Waals surface area (Å²) >= 11 is 0. The lowest BCUT2D eigenvalue weighted by molar-refractivity contribution is 0.176. The predicted octanol–water partition coefficient (Wildman–Crippen LogP) is 5.10. The summed E-state index contributed by atoms with van der Waals surface area (Å²) < 4.78 is 6.11. The molecule has 0 radical (unpaired) electrons. The largest absolute Gasteiger partial charge is 0.494 e. The first-order valence-corrected chi connectivity index (χ1v) is 13.0. The lowest BCUT2D eigenvalue weighted by atomic mass is 10.0. The second-order valence-corrected chi connectivity index (χ2v) is 9.17. The minimum Gasteiger partial charge on any atom is -0.494 e. The van der Waals surface area contributed by atoms with E-state index in [0.29, 0.717) is 6.04 Å². The third-order valence-electron chi connectivity index (χ3n) is 6.76. The predicted molar refractivity (Wildman–Crippen MR) is 134 cm³/mol. The van der Waals surface area contributed by atoms with Crippen molar-refractivity contribution in [3.8, 4) is 5.75 Å². The average molecular weight is 432 g/mol. The summed E-state index contributed by atoms with van der Waals surface area (Å²) in [6.07, 6.45) is 8.82. The zero-order valence-electron chi connectivity index (χ0n) is 21.2. The Morgan fingerprint density at radius 2 is 1.68 bits per heavy atom. The number of hydrogen-bond donors (Lipinski definition) is 0. The first kappa shape index (κ1) is 26.2. The monoisotopic (exact) mass is 431 g/mol. The number of likely N-dealkylation sites (N-methyl/N-ethyl adjacent to an activating group) is 1. The summed E-state index contributed by atoms with van der Waals surface area (Å²) in [5, 5.41) is 0. The van der Waals surface area contributed by atoms with Crippen molar-refractivity contribution in [1.82, 2.24) is 14.7 Å². The molecule has 4 heteroatoms. The van der Waals surface area contributed by atoms with Gasteiger partial charge in [0.05, 0.1) is 6.61 Å². The van der Waals surface area contributed by atoms with Gasteiger partial charge >= 0.3 is 0 Å². The van der Waals surface area contributed by atoms with Crippen molar-refractivity contribution in [3.63, 3.8) is 0 Å². The van der Waals surface area contributed by atoms with E-state index >= 15 is 0 Å². The molecule has 1 saturated heterocycles. The van der Waals surface area contributed by atoms with Gasteiger partial charge in [-0.15, -0.1) is 0 Å². The van der Waals surface area contributed by atoms with Crippen LogP contribution in [-0.2, 0) is 12.8 Å². The van der Waals surface area contributed by atoms with Gasteiger partial charge in [0.25, 0.3) is 0 Å². The molecule has 2 aliphatic heterocycles. The van der Waals surface area contributed by atoms with Crippen LogP contribution in [0.25, 0.3) is 0 Å². The van der Waals surface area contributed by atoms with E-state index < -0.39 is 0 Å². The number of benzene rings is 1. The highest BCUT2D eigenvalue weighted by Crippen LogP contribution is 2.22. The van der Waals surface area contributed by atoms with Crippen molar-refractivity contribution in [2.75, 3.05) is 59.5 Å². The minimum absolute atomic E-state index is 0.620. The maximum Gasteiger partial charge on any atom is 0.119 e. The summed E-state index contributed by atoms with van der Waals surface area (Å²) in [5.74, 6) is 1.06. The lowest BCUT2D eigenvalue weighted by Crippen LogP contribution is -2.41. The van der Waals surface area contributed by atoms with E-state index in [1.165, 1.54) is 76.1 Å². The molecule has 4 nitrogen and oxygen atoms in total. The molecule has 3 rings (SSSR count). The van der Waals surface area contributed by atoms with Crippen LogP contribution >= 0.6 is 0 Å². The molecule has 0 unspecified atom stereocenters. The molecule has 31 heavy (non-hydrogen) atoms. The molecular weight excluding hydrogens is 382 g/mol. The maximum absolute atomic E-state index is 6.11. The van der Waals surface area contributed by atoms with Crippen LogP contribution in [0.2, 0.25) is 0 Å². The molecule has 0 bridgehead atoms. The van der Waals surface area contributed by atoms with Crippen LogP contribution in [-0.4, -0.2) is 80.2 Å². The normalized spacial score (nSPS) is 18.6. The van der Waals surface area contributed by atoms with E-state index in [9.17, 15) is 0 Å². The molecule has 1 fully saturated rings. The SMILES string of the molecule is CC.CCCN(C)[C@@H](C)CN1CCc2ccc(OCCCN3CCCCC3)cc2CC1. The van der Waals surface area contributed by atoms with E-state index in [1.54, 1.807) is 0 Å². The smallest absolute Gasteiger partial charge is 0.119 e. The topological polar surface area (TPSA) is 19.0 Å². The summed E-state index contributed by atoms with van der Waals surface area (Å²) in [6.45, 7) is 17.9. The van der Waals surface area contributed by atoms with Gasteiger partial charge < -0.3 is 19.4 Å². The van der Waals surface area contributed by atoms with Crippen LogP contribution in [0.1, 0.15) is 70.9 Å². The fraction of sp³-hybridized carbons (Fsp3) is 0.778. The van der Waals surface area contributed by atoms with Crippen molar-refractivity contribution >= 4 is 0 Å². The Kier molecular flexibility index (Phi) is 12.5. The third-order valence-corrected chi connectivity index (χ3v) is 6.76. The highest BCUT2D eigenvalue weighted by molar-refractivity contribution is 5.36. The average Bonchev–Trinajstić information content (AvgIpc) is 3.01. The second kappa shape index (κ2) is 14.9. The zero-order valence-corrected chi connectivity index (χ0v) is 21.2. The Balaban J connectivity index is 0.00000166. The standard InChI is InChI=1S/C25H43N3O.C2H6/c1-4-13-26(3)22(2)21-28-17-11-23-9-10-25(20-24(23)12-18-28)29-19-8-16-27-14-6-5-7-15-27;1-2/h9-10,20,22H,4-8,11-19,21H2,1-3H3;1-2H3/t22-;/m0./s1. The van der Waals surface area contributed by atoms with Gasteiger partial charge in [-0.25, -0.2) is 0 Å². The van der Waals surface area contributed by atoms with E-state index in [4.69, 9.17) is 4.74 Å². The van der Waals surface area contributed by atoms with E-state index in [1.807, 2.05) is 13.8 Å². The van der Waals surface area contributed by atoms with Crippen molar-refractivity contribution < 1.29 is 4.74 Å². The molecule has 0 N–H and O–H groups in total. The minimum atomic E-state index is 0.620. The molecule has 2 heterocycles. The number of piperidine rings is 1. The molecular formula is C27H49N3O. The number of hydrogen-bond acceptors (Lipinski definition) is 4.